The molecule has 1 aromatic carbocycles. The van der Waals surface area contributed by atoms with E-state index in [-0.39, 0.29) is 5.56 Å². The number of nitrogens with one attached hydrogen (secondary N) is 1. The van der Waals surface area contributed by atoms with Crippen LogP contribution in [0.4, 0.5) is 17.6 Å². The molecule has 0 saturated carbocycles. The van der Waals surface area contributed by atoms with E-state index in [0.717, 1.165) is 6.07 Å². The zero-order valence-corrected chi connectivity index (χ0v) is 10.8. The van der Waals surface area contributed by atoms with Gasteiger partial charge in [-0.05, 0) is 24.1 Å². The molecule has 0 heterocycles. The Labute approximate surface area is 112 Å². The zero-order chi connectivity index (χ0) is 14.6. The Morgan fingerprint density at radius 3 is 2.58 bits per heavy atom. The van der Waals surface area contributed by atoms with Crippen molar-refractivity contribution >= 4 is 17.5 Å². The largest absolute Gasteiger partial charge is 0.419 e. The van der Waals surface area contributed by atoms with Crippen molar-refractivity contribution in [3.05, 3.63) is 35.1 Å². The van der Waals surface area contributed by atoms with Crippen molar-refractivity contribution in [2.45, 2.75) is 24.9 Å². The lowest BCUT2D eigenvalue weighted by Crippen LogP contribution is -2.27. The number of alkyl halides is 4. The first-order chi connectivity index (χ1) is 8.77. The Morgan fingerprint density at radius 2 is 2.05 bits per heavy atom. The average molecular weight is 298 g/mol. The summed E-state index contributed by atoms with van der Waals surface area (Å²) >= 11 is 5.76. The predicted molar refractivity (Wildman–Crippen MR) is 63.3 cm³/mol. The fraction of sp³-hybridized carbons (Fsp3) is 0.417. The average Bonchev–Trinajstić information content (AvgIpc) is 2.34. The monoisotopic (exact) mass is 297 g/mol. The molecule has 1 aromatic rings. The van der Waals surface area contributed by atoms with E-state index < -0.39 is 28.8 Å². The van der Waals surface area contributed by atoms with Gasteiger partial charge in [0.1, 0.15) is 11.2 Å². The summed E-state index contributed by atoms with van der Waals surface area (Å²) in [5, 5.41) is 1.17. The summed E-state index contributed by atoms with van der Waals surface area (Å²) in [6.45, 7) is 2.19. The summed E-state index contributed by atoms with van der Waals surface area (Å²) in [7, 11) is 0. The number of amides is 1. The van der Waals surface area contributed by atoms with Crippen molar-refractivity contribution in [3.8, 4) is 0 Å². The van der Waals surface area contributed by atoms with Gasteiger partial charge >= 0.3 is 6.18 Å². The van der Waals surface area contributed by atoms with Crippen LogP contribution in [0.1, 0.15) is 29.8 Å². The van der Waals surface area contributed by atoms with E-state index >= 15 is 0 Å². The molecule has 0 aliphatic carbocycles. The molecular weight excluding hydrogens is 286 g/mol. The van der Waals surface area contributed by atoms with E-state index in [1.54, 1.807) is 0 Å². The molecule has 0 radical (unpaired) electrons. The van der Waals surface area contributed by atoms with Crippen molar-refractivity contribution in [2.24, 2.45) is 0 Å². The third kappa shape index (κ3) is 4.09. The third-order valence-electron chi connectivity index (χ3n) is 2.37. The number of hydrogen-bond acceptors (Lipinski definition) is 1. The van der Waals surface area contributed by atoms with Crippen molar-refractivity contribution in [1.82, 2.24) is 5.32 Å². The van der Waals surface area contributed by atoms with Crippen molar-refractivity contribution in [1.29, 1.82) is 0 Å². The summed E-state index contributed by atoms with van der Waals surface area (Å²) < 4.78 is 50.6. The first kappa shape index (κ1) is 15.8. The minimum atomic E-state index is -4.82. The quantitative estimate of drug-likeness (QED) is 0.667. The lowest BCUT2D eigenvalue weighted by Gasteiger charge is -2.13. The van der Waals surface area contributed by atoms with Gasteiger partial charge in [0.05, 0.1) is 5.56 Å². The first-order valence-electron chi connectivity index (χ1n) is 5.55. The van der Waals surface area contributed by atoms with Gasteiger partial charge < -0.3 is 5.32 Å². The van der Waals surface area contributed by atoms with Crippen LogP contribution < -0.4 is 5.32 Å². The number of halogens is 5. The highest BCUT2D eigenvalue weighted by Crippen LogP contribution is 2.34. The van der Waals surface area contributed by atoms with Crippen LogP contribution in [0.3, 0.4) is 0 Å². The Kier molecular flexibility index (Phi) is 5.17. The summed E-state index contributed by atoms with van der Waals surface area (Å²) in [6.07, 6.45) is -4.15. The minimum absolute atomic E-state index is 0.0935. The molecule has 0 aliphatic heterocycles. The topological polar surface area (TPSA) is 29.1 Å². The fourth-order valence-electron chi connectivity index (χ4n) is 1.41. The highest BCUT2D eigenvalue weighted by Gasteiger charge is 2.35. The molecule has 0 aromatic heterocycles. The Morgan fingerprint density at radius 1 is 1.42 bits per heavy atom. The molecular formula is C12H12ClF4NO. The number of benzene rings is 1. The molecule has 0 bridgehead atoms. The normalized spacial score (nSPS) is 13.2. The number of hydrogen-bond donors (Lipinski definition) is 1. The van der Waals surface area contributed by atoms with Gasteiger partial charge in [0.25, 0.3) is 0 Å². The van der Waals surface area contributed by atoms with Crippen LogP contribution in [-0.4, -0.2) is 12.5 Å². The zero-order valence-electron chi connectivity index (χ0n) is 10.0. The second kappa shape index (κ2) is 6.23. The molecule has 1 amide bonds. The van der Waals surface area contributed by atoms with Gasteiger partial charge in [0.2, 0.25) is 5.91 Å². The van der Waals surface area contributed by atoms with Crippen LogP contribution in [0.2, 0.25) is 0 Å². The van der Waals surface area contributed by atoms with E-state index in [2.05, 4.69) is 5.32 Å². The van der Waals surface area contributed by atoms with Gasteiger partial charge in [-0.2, -0.15) is 13.2 Å². The highest BCUT2D eigenvalue weighted by atomic mass is 35.5. The number of rotatable bonds is 4. The molecule has 0 aliphatic rings. The highest BCUT2D eigenvalue weighted by molar-refractivity contribution is 6.30. The predicted octanol–water partition coefficient (Wildman–Crippen LogP) is 3.65. The second-order valence-corrected chi connectivity index (χ2v) is 4.33. The van der Waals surface area contributed by atoms with Crippen LogP contribution in [0.15, 0.2) is 18.2 Å². The lowest BCUT2D eigenvalue weighted by atomic mass is 10.1. The van der Waals surface area contributed by atoms with Gasteiger partial charge in [0, 0.05) is 6.54 Å². The summed E-state index contributed by atoms with van der Waals surface area (Å²) in [6, 6.07) is 2.27. The van der Waals surface area contributed by atoms with Crippen molar-refractivity contribution < 1.29 is 22.4 Å². The van der Waals surface area contributed by atoms with Crippen LogP contribution in [0.5, 0.6) is 0 Å². The van der Waals surface area contributed by atoms with Gasteiger partial charge in [-0.1, -0.05) is 13.0 Å². The van der Waals surface area contributed by atoms with Gasteiger partial charge in [-0.25, -0.2) is 4.39 Å². The van der Waals surface area contributed by atoms with Gasteiger partial charge in [-0.15, -0.1) is 11.6 Å². The maximum absolute atomic E-state index is 13.1. The molecule has 1 N–H and O–H groups in total. The molecule has 19 heavy (non-hydrogen) atoms. The molecule has 0 saturated heterocycles. The van der Waals surface area contributed by atoms with Crippen LogP contribution in [-0.2, 0) is 11.0 Å². The molecule has 1 unspecified atom stereocenters. The van der Waals surface area contributed by atoms with Gasteiger partial charge in [-0.3, -0.25) is 4.79 Å². The Bertz CT molecular complexity index is 462. The second-order valence-electron chi connectivity index (χ2n) is 3.89. The molecule has 0 fully saturated rings. The molecule has 2 nitrogen and oxygen atoms in total. The van der Waals surface area contributed by atoms with Crippen LogP contribution >= 0.6 is 11.6 Å². The van der Waals surface area contributed by atoms with E-state index in [0.29, 0.717) is 25.1 Å². The Hall–Kier alpha value is -1.30. The maximum Gasteiger partial charge on any atom is 0.419 e. The molecule has 7 heteroatoms. The summed E-state index contributed by atoms with van der Waals surface area (Å²) in [4.78, 5) is 11.5. The van der Waals surface area contributed by atoms with E-state index in [9.17, 15) is 22.4 Å². The lowest BCUT2D eigenvalue weighted by molar-refractivity contribution is -0.140. The number of carbonyl (C=O) groups is 1. The number of carbonyl (C=O) groups excluding carboxylic acids is 1. The van der Waals surface area contributed by atoms with Gasteiger partial charge in [0.15, 0.2) is 0 Å². The molecule has 0 spiro atoms. The molecule has 1 rings (SSSR count). The van der Waals surface area contributed by atoms with E-state index in [1.807, 2.05) is 6.92 Å². The standard InChI is InChI=1S/C12H12ClF4NO/c1-2-5-18-11(19)10(13)7-3-4-9(14)8(6-7)12(15,16)17/h3-4,6,10H,2,5H2,1H3,(H,18,19). The Balaban J connectivity index is 2.99. The SMILES string of the molecule is CCCNC(=O)C(Cl)c1ccc(F)c(C(F)(F)F)c1. The van der Waals surface area contributed by atoms with E-state index in [1.165, 1.54) is 0 Å². The maximum atomic E-state index is 13.1. The van der Waals surface area contributed by atoms with Crippen molar-refractivity contribution in [3.63, 3.8) is 0 Å². The third-order valence-corrected chi connectivity index (χ3v) is 2.82. The van der Waals surface area contributed by atoms with Crippen molar-refractivity contribution in [2.75, 3.05) is 6.54 Å². The summed E-state index contributed by atoms with van der Waals surface area (Å²) in [5.74, 6) is -2.00. The van der Waals surface area contributed by atoms with Crippen LogP contribution in [0.25, 0.3) is 0 Å². The first-order valence-corrected chi connectivity index (χ1v) is 5.99. The van der Waals surface area contributed by atoms with E-state index in [4.69, 9.17) is 11.6 Å². The molecule has 106 valence electrons. The molecule has 1 atom stereocenters. The fourth-order valence-corrected chi connectivity index (χ4v) is 1.62. The van der Waals surface area contributed by atoms with Crippen LogP contribution in [0, 0.1) is 5.82 Å². The summed E-state index contributed by atoms with van der Waals surface area (Å²) in [5.41, 5.74) is -1.53. The minimum Gasteiger partial charge on any atom is -0.355 e. The smallest absolute Gasteiger partial charge is 0.355 e.